The molecule has 0 atom stereocenters. The quantitative estimate of drug-likeness (QED) is 0.884. The Morgan fingerprint density at radius 2 is 2.17 bits per heavy atom. The number of ether oxygens (including phenoxy) is 1. The van der Waals surface area contributed by atoms with E-state index in [9.17, 15) is 4.79 Å². The fourth-order valence-electron chi connectivity index (χ4n) is 2.28. The lowest BCUT2D eigenvalue weighted by atomic mass is 10.0. The molecule has 2 rings (SSSR count). The van der Waals surface area contributed by atoms with Gasteiger partial charge >= 0.3 is 0 Å². The zero-order valence-electron chi connectivity index (χ0n) is 10.9. The van der Waals surface area contributed by atoms with Crippen LogP contribution in [0.25, 0.3) is 0 Å². The van der Waals surface area contributed by atoms with Crippen molar-refractivity contribution in [3.63, 3.8) is 0 Å². The van der Waals surface area contributed by atoms with Crippen molar-refractivity contribution in [3.05, 3.63) is 35.4 Å². The number of rotatable bonds is 4. The minimum Gasteiger partial charge on any atom is -0.381 e. The van der Waals surface area contributed by atoms with Crippen LogP contribution in [-0.4, -0.2) is 25.7 Å². The molecule has 1 aliphatic rings. The Morgan fingerprint density at radius 1 is 1.39 bits per heavy atom. The van der Waals surface area contributed by atoms with Gasteiger partial charge in [0.1, 0.15) is 0 Å². The topological polar surface area (TPSA) is 38.3 Å². The van der Waals surface area contributed by atoms with E-state index in [-0.39, 0.29) is 5.91 Å². The van der Waals surface area contributed by atoms with Gasteiger partial charge in [-0.05, 0) is 31.2 Å². The molecule has 0 spiro atoms. The third-order valence-corrected chi connectivity index (χ3v) is 3.38. The maximum absolute atomic E-state index is 11.8. The van der Waals surface area contributed by atoms with Crippen molar-refractivity contribution in [2.24, 2.45) is 5.92 Å². The molecular weight excluding hydrogens is 226 g/mol. The minimum absolute atomic E-state index is 0.118. The second-order valence-corrected chi connectivity index (χ2v) is 5.03. The molecule has 1 fully saturated rings. The molecule has 1 aromatic rings. The molecule has 18 heavy (non-hydrogen) atoms. The van der Waals surface area contributed by atoms with Crippen molar-refractivity contribution in [1.82, 2.24) is 5.32 Å². The van der Waals surface area contributed by atoms with Gasteiger partial charge in [0.2, 0.25) is 5.91 Å². The highest BCUT2D eigenvalue weighted by molar-refractivity contribution is 5.78. The third-order valence-electron chi connectivity index (χ3n) is 3.38. The molecular formula is C15H21NO2. The predicted octanol–water partition coefficient (Wildman–Crippen LogP) is 2.08. The van der Waals surface area contributed by atoms with E-state index in [1.165, 1.54) is 5.56 Å². The predicted molar refractivity (Wildman–Crippen MR) is 71.4 cm³/mol. The summed E-state index contributed by atoms with van der Waals surface area (Å²) in [5.74, 6) is 0.701. The fourth-order valence-corrected chi connectivity index (χ4v) is 2.28. The lowest BCUT2D eigenvalue weighted by molar-refractivity contribution is -0.120. The van der Waals surface area contributed by atoms with Crippen molar-refractivity contribution >= 4 is 5.91 Å². The van der Waals surface area contributed by atoms with E-state index in [1.54, 1.807) is 0 Å². The largest absolute Gasteiger partial charge is 0.381 e. The Kier molecular flexibility index (Phi) is 4.76. The molecule has 0 unspecified atom stereocenters. The van der Waals surface area contributed by atoms with Gasteiger partial charge in [0, 0.05) is 19.8 Å². The smallest absolute Gasteiger partial charge is 0.224 e. The van der Waals surface area contributed by atoms with E-state index in [0.717, 1.165) is 38.2 Å². The zero-order valence-corrected chi connectivity index (χ0v) is 10.9. The average Bonchev–Trinajstić information content (AvgIpc) is 2.38. The molecule has 0 aromatic heterocycles. The molecule has 0 bridgehead atoms. The first-order valence-corrected chi connectivity index (χ1v) is 6.64. The van der Waals surface area contributed by atoms with Gasteiger partial charge in [-0.1, -0.05) is 29.8 Å². The molecule has 98 valence electrons. The van der Waals surface area contributed by atoms with Crippen LogP contribution in [0.1, 0.15) is 24.0 Å². The number of amides is 1. The van der Waals surface area contributed by atoms with Crippen molar-refractivity contribution in [3.8, 4) is 0 Å². The van der Waals surface area contributed by atoms with Gasteiger partial charge in [0.25, 0.3) is 0 Å². The summed E-state index contributed by atoms with van der Waals surface area (Å²) in [5, 5.41) is 3.03. The maximum Gasteiger partial charge on any atom is 0.224 e. The fraction of sp³-hybridized carbons (Fsp3) is 0.533. The van der Waals surface area contributed by atoms with E-state index in [4.69, 9.17) is 4.74 Å². The van der Waals surface area contributed by atoms with Gasteiger partial charge in [0.15, 0.2) is 0 Å². The second kappa shape index (κ2) is 6.55. The number of aryl methyl sites for hydroxylation is 1. The molecule has 3 nitrogen and oxygen atoms in total. The van der Waals surface area contributed by atoms with Crippen LogP contribution in [0.2, 0.25) is 0 Å². The lowest BCUT2D eigenvalue weighted by Gasteiger charge is -2.22. The van der Waals surface area contributed by atoms with Crippen molar-refractivity contribution in [1.29, 1.82) is 0 Å². The van der Waals surface area contributed by atoms with E-state index < -0.39 is 0 Å². The molecule has 3 heteroatoms. The second-order valence-electron chi connectivity index (χ2n) is 5.03. The van der Waals surface area contributed by atoms with Crippen LogP contribution in [0.15, 0.2) is 24.3 Å². The number of benzene rings is 1. The first kappa shape index (κ1) is 13.1. The van der Waals surface area contributed by atoms with Gasteiger partial charge in [0.05, 0.1) is 6.42 Å². The Bertz CT molecular complexity index is 397. The molecule has 0 radical (unpaired) electrons. The van der Waals surface area contributed by atoms with Gasteiger partial charge in [-0.25, -0.2) is 0 Å². The lowest BCUT2D eigenvalue weighted by Crippen LogP contribution is -2.33. The molecule has 1 N–H and O–H groups in total. The van der Waals surface area contributed by atoms with Crippen molar-refractivity contribution in [2.75, 3.05) is 19.8 Å². The third kappa shape index (κ3) is 4.15. The van der Waals surface area contributed by atoms with Crippen molar-refractivity contribution < 1.29 is 9.53 Å². The van der Waals surface area contributed by atoms with E-state index in [1.807, 2.05) is 25.1 Å². The standard InChI is InChI=1S/C15H21NO2/c1-12-3-2-4-14(9-12)10-15(17)16-11-13-5-7-18-8-6-13/h2-4,9,13H,5-8,10-11H2,1H3,(H,16,17). The van der Waals surface area contributed by atoms with Crippen molar-refractivity contribution in [2.45, 2.75) is 26.2 Å². The van der Waals surface area contributed by atoms with Crippen LogP contribution < -0.4 is 5.32 Å². The summed E-state index contributed by atoms with van der Waals surface area (Å²) >= 11 is 0. The monoisotopic (exact) mass is 247 g/mol. The molecule has 1 saturated heterocycles. The maximum atomic E-state index is 11.8. The van der Waals surface area contributed by atoms with Crippen LogP contribution in [0.5, 0.6) is 0 Å². The Hall–Kier alpha value is -1.35. The summed E-state index contributed by atoms with van der Waals surface area (Å²) in [6.07, 6.45) is 2.60. The Morgan fingerprint density at radius 3 is 2.89 bits per heavy atom. The summed E-state index contributed by atoms with van der Waals surface area (Å²) in [7, 11) is 0. The number of carbonyl (C=O) groups excluding carboxylic acids is 1. The Labute approximate surface area is 109 Å². The number of carbonyl (C=O) groups is 1. The summed E-state index contributed by atoms with van der Waals surface area (Å²) in [4.78, 5) is 11.8. The molecule has 1 aliphatic heterocycles. The number of nitrogens with one attached hydrogen (secondary N) is 1. The molecule has 1 aromatic carbocycles. The highest BCUT2D eigenvalue weighted by atomic mass is 16.5. The van der Waals surface area contributed by atoms with Crippen LogP contribution in [0, 0.1) is 12.8 Å². The summed E-state index contributed by atoms with van der Waals surface area (Å²) < 4.78 is 5.30. The highest BCUT2D eigenvalue weighted by Gasteiger charge is 2.14. The van der Waals surface area contributed by atoms with Crippen LogP contribution >= 0.6 is 0 Å². The normalized spacial score (nSPS) is 16.5. The number of hydrogen-bond donors (Lipinski definition) is 1. The van der Waals surface area contributed by atoms with Gasteiger partial charge in [-0.3, -0.25) is 4.79 Å². The molecule has 0 saturated carbocycles. The minimum atomic E-state index is 0.118. The van der Waals surface area contributed by atoms with E-state index in [2.05, 4.69) is 11.4 Å². The summed E-state index contributed by atoms with van der Waals surface area (Å²) in [6.45, 7) is 4.49. The van der Waals surface area contributed by atoms with Gasteiger partial charge in [-0.2, -0.15) is 0 Å². The molecule has 1 heterocycles. The zero-order chi connectivity index (χ0) is 12.8. The van der Waals surface area contributed by atoms with Gasteiger partial charge in [-0.15, -0.1) is 0 Å². The van der Waals surface area contributed by atoms with E-state index in [0.29, 0.717) is 12.3 Å². The van der Waals surface area contributed by atoms with E-state index >= 15 is 0 Å². The number of hydrogen-bond acceptors (Lipinski definition) is 2. The van der Waals surface area contributed by atoms with Crippen LogP contribution in [0.3, 0.4) is 0 Å². The average molecular weight is 247 g/mol. The SMILES string of the molecule is Cc1cccc(CC(=O)NCC2CCOCC2)c1. The highest BCUT2D eigenvalue weighted by Crippen LogP contribution is 2.13. The summed E-state index contributed by atoms with van der Waals surface area (Å²) in [6, 6.07) is 8.11. The molecule has 1 amide bonds. The van der Waals surface area contributed by atoms with Crippen LogP contribution in [-0.2, 0) is 16.0 Å². The van der Waals surface area contributed by atoms with Crippen LogP contribution in [0.4, 0.5) is 0 Å². The van der Waals surface area contributed by atoms with Gasteiger partial charge < -0.3 is 10.1 Å². The first-order valence-electron chi connectivity index (χ1n) is 6.64. The first-order chi connectivity index (χ1) is 8.74. The molecule has 0 aliphatic carbocycles. The Balaban J connectivity index is 1.74. The summed E-state index contributed by atoms with van der Waals surface area (Å²) in [5.41, 5.74) is 2.28.